The van der Waals surface area contributed by atoms with Gasteiger partial charge < -0.3 is 14.5 Å². The van der Waals surface area contributed by atoms with Crippen LogP contribution in [0.5, 0.6) is 0 Å². The molecule has 0 unspecified atom stereocenters. The van der Waals surface area contributed by atoms with Crippen LogP contribution in [0.3, 0.4) is 0 Å². The average Bonchev–Trinajstić information content (AvgIpc) is 3.07. The Balaban J connectivity index is 1.65. The summed E-state index contributed by atoms with van der Waals surface area (Å²) in [5.74, 6) is -0.0735. The standard InChI is InChI=1S/C21H23N3O2/c1-14-12-16(13-26-2)22-20-18(10-11-24(14)20)21(25)23-19-9-5-7-15-6-3-4-8-17(15)19/h3-4,6,8,10-12,19H,5,7,9,13H2,1-2H3,(H,23,25)/t19-/m0/s1. The Morgan fingerprint density at radius 1 is 1.35 bits per heavy atom. The molecule has 2 aromatic heterocycles. The number of benzene rings is 1. The number of hydrogen-bond acceptors (Lipinski definition) is 3. The van der Waals surface area contributed by atoms with Crippen molar-refractivity contribution in [1.82, 2.24) is 14.7 Å². The van der Waals surface area contributed by atoms with E-state index in [2.05, 4.69) is 28.5 Å². The number of aryl methyl sites for hydroxylation is 2. The summed E-state index contributed by atoms with van der Waals surface area (Å²) in [6.07, 6.45) is 5.04. The lowest BCUT2D eigenvalue weighted by Crippen LogP contribution is -2.31. The van der Waals surface area contributed by atoms with E-state index in [1.165, 1.54) is 11.1 Å². The predicted octanol–water partition coefficient (Wildman–Crippen LogP) is 3.60. The molecule has 0 aliphatic heterocycles. The van der Waals surface area contributed by atoms with E-state index in [4.69, 9.17) is 4.74 Å². The lowest BCUT2D eigenvalue weighted by Gasteiger charge is -2.26. The molecule has 3 aromatic rings. The van der Waals surface area contributed by atoms with Crippen molar-refractivity contribution in [3.63, 3.8) is 0 Å². The molecular weight excluding hydrogens is 326 g/mol. The molecule has 134 valence electrons. The minimum atomic E-state index is -0.0735. The maximum Gasteiger partial charge on any atom is 0.255 e. The van der Waals surface area contributed by atoms with Gasteiger partial charge >= 0.3 is 0 Å². The Bertz CT molecular complexity index is 961. The van der Waals surface area contributed by atoms with E-state index in [0.29, 0.717) is 17.8 Å². The van der Waals surface area contributed by atoms with Crippen LogP contribution in [0, 0.1) is 6.92 Å². The third kappa shape index (κ3) is 2.99. The average molecular weight is 349 g/mol. The van der Waals surface area contributed by atoms with Gasteiger partial charge in [0.1, 0.15) is 5.65 Å². The molecule has 1 N–H and O–H groups in total. The molecule has 0 bridgehead atoms. The van der Waals surface area contributed by atoms with Crippen molar-refractivity contribution in [3.8, 4) is 0 Å². The molecule has 1 aromatic carbocycles. The molecule has 0 spiro atoms. The molecule has 0 fully saturated rings. The number of hydrogen-bond donors (Lipinski definition) is 1. The molecule has 4 rings (SSSR count). The summed E-state index contributed by atoms with van der Waals surface area (Å²) in [7, 11) is 1.65. The van der Waals surface area contributed by atoms with Crippen molar-refractivity contribution in [2.75, 3.05) is 7.11 Å². The molecular formula is C21H23N3O2. The highest BCUT2D eigenvalue weighted by molar-refractivity contribution is 6.00. The van der Waals surface area contributed by atoms with Crippen molar-refractivity contribution in [3.05, 3.63) is 70.7 Å². The first-order valence-electron chi connectivity index (χ1n) is 9.02. The van der Waals surface area contributed by atoms with E-state index >= 15 is 0 Å². The van der Waals surface area contributed by atoms with Crippen molar-refractivity contribution in [2.45, 2.75) is 38.8 Å². The van der Waals surface area contributed by atoms with Crippen LogP contribution >= 0.6 is 0 Å². The maximum atomic E-state index is 13.0. The smallest absolute Gasteiger partial charge is 0.255 e. The highest BCUT2D eigenvalue weighted by Gasteiger charge is 2.23. The molecule has 1 aliphatic rings. The molecule has 5 heteroatoms. The van der Waals surface area contributed by atoms with Gasteiger partial charge in [0.05, 0.1) is 23.9 Å². The summed E-state index contributed by atoms with van der Waals surface area (Å²) in [5.41, 5.74) is 5.71. The molecule has 2 heterocycles. The predicted molar refractivity (Wildman–Crippen MR) is 100 cm³/mol. The Hall–Kier alpha value is -2.66. The first kappa shape index (κ1) is 16.8. The highest BCUT2D eigenvalue weighted by Crippen LogP contribution is 2.30. The van der Waals surface area contributed by atoms with E-state index in [1.807, 2.05) is 35.7 Å². The van der Waals surface area contributed by atoms with Gasteiger partial charge in [0, 0.05) is 19.0 Å². The molecule has 26 heavy (non-hydrogen) atoms. The van der Waals surface area contributed by atoms with Gasteiger partial charge in [0.2, 0.25) is 0 Å². The number of aromatic nitrogens is 2. The van der Waals surface area contributed by atoms with Crippen LogP contribution in [0.2, 0.25) is 0 Å². The zero-order chi connectivity index (χ0) is 18.1. The largest absolute Gasteiger partial charge is 0.378 e. The van der Waals surface area contributed by atoms with Gasteiger partial charge in [-0.15, -0.1) is 0 Å². The van der Waals surface area contributed by atoms with Gasteiger partial charge in [-0.05, 0) is 49.4 Å². The summed E-state index contributed by atoms with van der Waals surface area (Å²) < 4.78 is 7.14. The molecule has 0 saturated heterocycles. The van der Waals surface area contributed by atoms with Crippen molar-refractivity contribution < 1.29 is 9.53 Å². The monoisotopic (exact) mass is 349 g/mol. The number of rotatable bonds is 4. The zero-order valence-corrected chi connectivity index (χ0v) is 15.2. The van der Waals surface area contributed by atoms with Crippen LogP contribution in [0.15, 0.2) is 42.6 Å². The van der Waals surface area contributed by atoms with Crippen LogP contribution < -0.4 is 5.32 Å². The van der Waals surface area contributed by atoms with Crippen molar-refractivity contribution in [1.29, 1.82) is 0 Å². The first-order valence-corrected chi connectivity index (χ1v) is 9.02. The minimum absolute atomic E-state index is 0.0608. The second-order valence-corrected chi connectivity index (χ2v) is 6.86. The fourth-order valence-electron chi connectivity index (χ4n) is 3.84. The van der Waals surface area contributed by atoms with Gasteiger partial charge in [-0.3, -0.25) is 4.79 Å². The Labute approximate surface area is 153 Å². The quantitative estimate of drug-likeness (QED) is 0.783. The Kier molecular flexibility index (Phi) is 4.47. The third-order valence-corrected chi connectivity index (χ3v) is 5.08. The number of fused-ring (bicyclic) bond motifs is 2. The van der Waals surface area contributed by atoms with Crippen LogP contribution in [-0.4, -0.2) is 22.4 Å². The van der Waals surface area contributed by atoms with Crippen LogP contribution in [-0.2, 0) is 17.8 Å². The molecule has 5 nitrogen and oxygen atoms in total. The van der Waals surface area contributed by atoms with Crippen LogP contribution in [0.1, 0.15) is 51.8 Å². The number of nitrogens with zero attached hydrogens (tertiary/aromatic N) is 2. The number of carbonyl (C=O) groups excluding carboxylic acids is 1. The lowest BCUT2D eigenvalue weighted by atomic mass is 9.87. The summed E-state index contributed by atoms with van der Waals surface area (Å²) >= 11 is 0. The van der Waals surface area contributed by atoms with Crippen LogP contribution in [0.25, 0.3) is 5.65 Å². The van der Waals surface area contributed by atoms with Gasteiger partial charge in [0.15, 0.2) is 0 Å². The first-order chi connectivity index (χ1) is 12.7. The summed E-state index contributed by atoms with van der Waals surface area (Å²) in [4.78, 5) is 17.6. The molecule has 1 aliphatic carbocycles. The summed E-state index contributed by atoms with van der Waals surface area (Å²) in [6, 6.07) is 12.3. The number of amides is 1. The number of nitrogens with one attached hydrogen (secondary N) is 1. The number of ether oxygens (including phenoxy) is 1. The summed E-state index contributed by atoms with van der Waals surface area (Å²) in [6.45, 7) is 2.44. The van der Waals surface area contributed by atoms with Crippen LogP contribution in [0.4, 0.5) is 0 Å². The van der Waals surface area contributed by atoms with Gasteiger partial charge in [0.25, 0.3) is 5.91 Å². The van der Waals surface area contributed by atoms with E-state index < -0.39 is 0 Å². The molecule has 1 amide bonds. The normalized spacial score (nSPS) is 16.5. The molecule has 0 radical (unpaired) electrons. The van der Waals surface area contributed by atoms with Crippen molar-refractivity contribution >= 4 is 11.6 Å². The third-order valence-electron chi connectivity index (χ3n) is 5.08. The number of methoxy groups -OCH3 is 1. The van der Waals surface area contributed by atoms with Gasteiger partial charge in [-0.2, -0.15) is 0 Å². The fourth-order valence-corrected chi connectivity index (χ4v) is 3.84. The lowest BCUT2D eigenvalue weighted by molar-refractivity contribution is 0.0934. The Morgan fingerprint density at radius 3 is 3.04 bits per heavy atom. The number of carbonyl (C=O) groups is 1. The zero-order valence-electron chi connectivity index (χ0n) is 15.2. The maximum absolute atomic E-state index is 13.0. The fraction of sp³-hybridized carbons (Fsp3) is 0.333. The van der Waals surface area contributed by atoms with E-state index in [0.717, 1.165) is 30.7 Å². The highest BCUT2D eigenvalue weighted by atomic mass is 16.5. The Morgan fingerprint density at radius 2 is 2.19 bits per heavy atom. The van der Waals surface area contributed by atoms with Gasteiger partial charge in [-0.1, -0.05) is 24.3 Å². The van der Waals surface area contributed by atoms with E-state index in [1.54, 1.807) is 7.11 Å². The minimum Gasteiger partial charge on any atom is -0.378 e. The van der Waals surface area contributed by atoms with Gasteiger partial charge in [-0.25, -0.2) is 4.98 Å². The topological polar surface area (TPSA) is 55.6 Å². The van der Waals surface area contributed by atoms with E-state index in [-0.39, 0.29) is 11.9 Å². The molecule has 1 atom stereocenters. The summed E-state index contributed by atoms with van der Waals surface area (Å²) in [5, 5.41) is 3.22. The van der Waals surface area contributed by atoms with E-state index in [9.17, 15) is 4.79 Å². The molecule has 0 saturated carbocycles. The second-order valence-electron chi connectivity index (χ2n) is 6.86. The van der Waals surface area contributed by atoms with Crippen molar-refractivity contribution in [2.24, 2.45) is 0 Å². The second kappa shape index (κ2) is 6.92. The SMILES string of the molecule is COCc1cc(C)n2ccc(C(=O)N[C@H]3CCCc4ccccc43)c2n1.